The summed E-state index contributed by atoms with van der Waals surface area (Å²) < 4.78 is 12.4. The number of nitrogens with zero attached hydrogens (tertiary/aromatic N) is 2. The van der Waals surface area contributed by atoms with Crippen molar-refractivity contribution in [3.05, 3.63) is 59.9 Å². The summed E-state index contributed by atoms with van der Waals surface area (Å²) >= 11 is 0. The number of hydrogen-bond acceptors (Lipinski definition) is 4. The van der Waals surface area contributed by atoms with Crippen LogP contribution in [-0.2, 0) is 9.31 Å². The van der Waals surface area contributed by atoms with Gasteiger partial charge >= 0.3 is 7.12 Å². The lowest BCUT2D eigenvalue weighted by atomic mass is 9.73. The lowest BCUT2D eigenvalue weighted by Crippen LogP contribution is -2.41. The molecule has 1 saturated heterocycles. The molecule has 5 heteroatoms. The molecule has 0 radical (unpaired) electrons. The van der Waals surface area contributed by atoms with E-state index in [0.29, 0.717) is 6.04 Å². The van der Waals surface area contributed by atoms with Crippen LogP contribution < -0.4 is 4.90 Å². The van der Waals surface area contributed by atoms with Crippen molar-refractivity contribution in [2.24, 2.45) is 0 Å². The van der Waals surface area contributed by atoms with Crippen LogP contribution in [-0.4, -0.2) is 29.3 Å². The van der Waals surface area contributed by atoms with Gasteiger partial charge in [0.05, 0.1) is 17.2 Å². The molecule has 0 N–H and O–H groups in total. The van der Waals surface area contributed by atoms with Crippen LogP contribution in [0.1, 0.15) is 34.1 Å². The summed E-state index contributed by atoms with van der Waals surface area (Å²) in [4.78, 5) is 6.69. The van der Waals surface area contributed by atoms with Gasteiger partial charge in [-0.1, -0.05) is 18.2 Å². The molecule has 1 aromatic heterocycles. The molecule has 2 aliphatic heterocycles. The maximum absolute atomic E-state index is 6.18. The smallest absolute Gasteiger partial charge is 0.399 e. The highest BCUT2D eigenvalue weighted by Gasteiger charge is 2.52. The largest absolute Gasteiger partial charge is 0.494 e. The number of pyridine rings is 1. The van der Waals surface area contributed by atoms with Gasteiger partial charge in [-0.15, -0.1) is 0 Å². The van der Waals surface area contributed by atoms with Gasteiger partial charge in [-0.05, 0) is 63.4 Å². The average molecular weight is 322 g/mol. The van der Waals surface area contributed by atoms with Crippen LogP contribution in [0.2, 0.25) is 0 Å². The fourth-order valence-electron chi connectivity index (χ4n) is 3.32. The third-order valence-corrected chi connectivity index (χ3v) is 5.50. The molecule has 1 fully saturated rings. The number of fused-ring (bicyclic) bond motifs is 1. The number of hydrogen-bond donors (Lipinski definition) is 0. The first-order chi connectivity index (χ1) is 11.4. The summed E-state index contributed by atoms with van der Waals surface area (Å²) in [6.07, 6.45) is 11.5. The molecule has 0 aromatic carbocycles. The monoisotopic (exact) mass is 322 g/mol. The van der Waals surface area contributed by atoms with Crippen LogP contribution in [0.15, 0.2) is 59.9 Å². The molecule has 3 heterocycles. The Morgan fingerprint density at radius 1 is 1.17 bits per heavy atom. The summed E-state index contributed by atoms with van der Waals surface area (Å²) in [5.74, 6) is 0.981. The highest BCUT2D eigenvalue weighted by molar-refractivity contribution is 6.55. The van der Waals surface area contributed by atoms with E-state index in [-0.39, 0.29) is 18.3 Å². The zero-order valence-electron chi connectivity index (χ0n) is 14.7. The maximum Gasteiger partial charge on any atom is 0.494 e. The molecule has 124 valence electrons. The van der Waals surface area contributed by atoms with Crippen LogP contribution in [0.5, 0.6) is 0 Å². The second-order valence-electron chi connectivity index (χ2n) is 7.60. The molecule has 24 heavy (non-hydrogen) atoms. The number of aromatic nitrogens is 1. The predicted molar refractivity (Wildman–Crippen MR) is 96.5 cm³/mol. The lowest BCUT2D eigenvalue weighted by molar-refractivity contribution is 0.00578. The molecule has 4 rings (SSSR count). The molecular weight excluding hydrogens is 299 g/mol. The highest BCUT2D eigenvalue weighted by atomic mass is 16.7. The predicted octanol–water partition coefficient (Wildman–Crippen LogP) is 3.67. The molecule has 0 spiro atoms. The van der Waals surface area contributed by atoms with Crippen LogP contribution in [0.4, 0.5) is 5.82 Å². The average Bonchev–Trinajstić information content (AvgIpc) is 3.06. The zero-order valence-corrected chi connectivity index (χ0v) is 14.7. The van der Waals surface area contributed by atoms with Crippen molar-refractivity contribution in [2.75, 3.05) is 4.90 Å². The number of anilines is 1. The van der Waals surface area contributed by atoms with Crippen molar-refractivity contribution in [1.82, 2.24) is 4.98 Å². The molecule has 1 aliphatic carbocycles. The Morgan fingerprint density at radius 3 is 2.58 bits per heavy atom. The minimum Gasteiger partial charge on any atom is -0.399 e. The minimum atomic E-state index is -0.306. The Kier molecular flexibility index (Phi) is 3.48. The Hall–Kier alpha value is -1.85. The summed E-state index contributed by atoms with van der Waals surface area (Å²) in [5.41, 5.74) is 1.79. The fraction of sp³-hybridized carbons (Fsp3) is 0.421. The van der Waals surface area contributed by atoms with Crippen molar-refractivity contribution in [3.8, 4) is 0 Å². The number of rotatable bonds is 2. The van der Waals surface area contributed by atoms with Crippen LogP contribution in [0.25, 0.3) is 0 Å². The molecule has 1 atom stereocenters. The summed E-state index contributed by atoms with van der Waals surface area (Å²) in [6.45, 7) is 8.35. The van der Waals surface area contributed by atoms with E-state index in [1.54, 1.807) is 0 Å². The minimum absolute atomic E-state index is 0.291. The first kappa shape index (κ1) is 15.7. The van der Waals surface area contributed by atoms with Crippen molar-refractivity contribution in [1.29, 1.82) is 0 Å². The molecule has 1 unspecified atom stereocenters. The van der Waals surface area contributed by atoms with Crippen molar-refractivity contribution in [3.63, 3.8) is 0 Å². The SMILES string of the molecule is CC1(C)OB(C2=CCC3C(=C2)C=CN3c2ccccn2)OC1(C)C. The van der Waals surface area contributed by atoms with Crippen LogP contribution in [0.3, 0.4) is 0 Å². The number of allylic oxidation sites excluding steroid dienone is 2. The van der Waals surface area contributed by atoms with Gasteiger partial charge in [0.1, 0.15) is 5.82 Å². The van der Waals surface area contributed by atoms with Gasteiger partial charge in [0.15, 0.2) is 0 Å². The Balaban J connectivity index is 1.54. The van der Waals surface area contributed by atoms with Gasteiger partial charge in [-0.25, -0.2) is 4.98 Å². The van der Waals surface area contributed by atoms with Crippen LogP contribution in [0, 0.1) is 0 Å². The van der Waals surface area contributed by atoms with E-state index in [4.69, 9.17) is 9.31 Å². The van der Waals surface area contributed by atoms with E-state index >= 15 is 0 Å². The van der Waals surface area contributed by atoms with Gasteiger partial charge in [-0.2, -0.15) is 0 Å². The molecule has 0 saturated carbocycles. The van der Waals surface area contributed by atoms with Gasteiger partial charge in [0, 0.05) is 12.4 Å². The van der Waals surface area contributed by atoms with E-state index in [9.17, 15) is 0 Å². The Bertz CT molecular complexity index is 721. The molecule has 0 amide bonds. The molecule has 4 nitrogen and oxygen atoms in total. The Morgan fingerprint density at radius 2 is 1.92 bits per heavy atom. The zero-order chi connectivity index (χ0) is 16.9. The fourth-order valence-corrected chi connectivity index (χ4v) is 3.32. The third-order valence-electron chi connectivity index (χ3n) is 5.50. The second-order valence-corrected chi connectivity index (χ2v) is 7.60. The van der Waals surface area contributed by atoms with Gasteiger partial charge in [0.25, 0.3) is 0 Å². The van der Waals surface area contributed by atoms with Crippen molar-refractivity contribution < 1.29 is 9.31 Å². The Labute approximate surface area is 144 Å². The van der Waals surface area contributed by atoms with Crippen molar-refractivity contribution in [2.45, 2.75) is 51.4 Å². The lowest BCUT2D eigenvalue weighted by Gasteiger charge is -2.32. The highest BCUT2D eigenvalue weighted by Crippen LogP contribution is 2.41. The van der Waals surface area contributed by atoms with E-state index in [1.807, 2.05) is 24.4 Å². The topological polar surface area (TPSA) is 34.6 Å². The van der Waals surface area contributed by atoms with Gasteiger partial charge < -0.3 is 14.2 Å². The summed E-state index contributed by atoms with van der Waals surface area (Å²) in [6, 6.07) is 6.32. The van der Waals surface area contributed by atoms with Gasteiger partial charge in [-0.3, -0.25) is 0 Å². The van der Waals surface area contributed by atoms with E-state index in [0.717, 1.165) is 17.7 Å². The second kappa shape index (κ2) is 5.33. The molecule has 0 bridgehead atoms. The first-order valence-corrected chi connectivity index (χ1v) is 8.52. The standard InChI is InChI=1S/C19H23BN2O2/c1-18(2)19(3,4)24-20(23-18)15-8-9-16-14(13-15)10-12-22(16)17-7-5-6-11-21-17/h5-8,10-13,16H,9H2,1-4H3. The first-order valence-electron chi connectivity index (χ1n) is 8.52. The van der Waals surface area contributed by atoms with Crippen LogP contribution >= 0.6 is 0 Å². The maximum atomic E-state index is 6.18. The van der Waals surface area contributed by atoms with E-state index < -0.39 is 0 Å². The van der Waals surface area contributed by atoms with E-state index in [1.165, 1.54) is 5.57 Å². The normalized spacial score (nSPS) is 27.1. The molecule has 1 aromatic rings. The quantitative estimate of drug-likeness (QED) is 0.778. The van der Waals surface area contributed by atoms with Gasteiger partial charge in [0.2, 0.25) is 0 Å². The van der Waals surface area contributed by atoms with E-state index in [2.05, 4.69) is 62.0 Å². The molecular formula is C19H23BN2O2. The summed E-state index contributed by atoms with van der Waals surface area (Å²) in [5, 5.41) is 0. The van der Waals surface area contributed by atoms with Crippen molar-refractivity contribution >= 4 is 12.9 Å². The summed E-state index contributed by atoms with van der Waals surface area (Å²) in [7, 11) is -0.291. The third kappa shape index (κ3) is 2.43. The molecule has 3 aliphatic rings.